The second-order valence-electron chi connectivity index (χ2n) is 5.57. The molecule has 0 saturated carbocycles. The molecule has 1 aromatic heterocycles. The van der Waals surface area contributed by atoms with Crippen molar-refractivity contribution in [1.82, 2.24) is 9.78 Å². The number of hydrogen-bond acceptors (Lipinski definition) is 6. The highest BCUT2D eigenvalue weighted by molar-refractivity contribution is 5.93. The van der Waals surface area contributed by atoms with Gasteiger partial charge in [0.15, 0.2) is 13.2 Å². The third-order valence-electron chi connectivity index (χ3n) is 3.63. The van der Waals surface area contributed by atoms with E-state index in [1.54, 1.807) is 42.9 Å². The summed E-state index contributed by atoms with van der Waals surface area (Å²) in [6, 6.07) is 6.88. The molecule has 1 N–H and O–H groups in total. The lowest BCUT2D eigenvalue weighted by molar-refractivity contribution is -0.149. The number of aromatic nitrogens is 2. The largest absolute Gasteiger partial charge is 0.494 e. The predicted octanol–water partition coefficient (Wildman–Crippen LogP) is 2.00. The number of benzene rings is 1. The van der Waals surface area contributed by atoms with E-state index in [1.165, 1.54) is 0 Å². The van der Waals surface area contributed by atoms with Crippen LogP contribution in [-0.4, -0.2) is 41.5 Å². The molecule has 0 aliphatic rings. The van der Waals surface area contributed by atoms with Crippen LogP contribution < -0.4 is 14.8 Å². The van der Waals surface area contributed by atoms with Crippen LogP contribution in [0.4, 0.5) is 5.69 Å². The Hall–Kier alpha value is -3.03. The normalized spacial score (nSPS) is 10.3. The summed E-state index contributed by atoms with van der Waals surface area (Å²) >= 11 is 0. The van der Waals surface area contributed by atoms with Gasteiger partial charge in [-0.15, -0.1) is 0 Å². The highest BCUT2D eigenvalue weighted by Gasteiger charge is 2.14. The highest BCUT2D eigenvalue weighted by atomic mass is 16.6. The second kappa shape index (κ2) is 8.89. The average molecular weight is 361 g/mol. The third kappa shape index (κ3) is 5.23. The molecular weight excluding hydrogens is 338 g/mol. The van der Waals surface area contributed by atoms with E-state index in [4.69, 9.17) is 14.2 Å². The van der Waals surface area contributed by atoms with Crippen molar-refractivity contribution < 1.29 is 23.8 Å². The van der Waals surface area contributed by atoms with E-state index in [1.807, 2.05) is 13.8 Å². The van der Waals surface area contributed by atoms with Gasteiger partial charge < -0.3 is 19.5 Å². The minimum absolute atomic E-state index is 0.286. The first-order valence-corrected chi connectivity index (χ1v) is 8.22. The topological polar surface area (TPSA) is 91.7 Å². The molecule has 2 aromatic rings. The number of hydrogen-bond donors (Lipinski definition) is 1. The number of carbonyl (C=O) groups is 2. The van der Waals surface area contributed by atoms with E-state index in [-0.39, 0.29) is 13.2 Å². The molecule has 0 spiro atoms. The van der Waals surface area contributed by atoms with Crippen molar-refractivity contribution in [1.29, 1.82) is 0 Å². The maximum Gasteiger partial charge on any atom is 0.344 e. The van der Waals surface area contributed by atoms with Crippen molar-refractivity contribution in [3.8, 4) is 11.5 Å². The van der Waals surface area contributed by atoms with Crippen LogP contribution in [0.5, 0.6) is 11.5 Å². The van der Waals surface area contributed by atoms with Crippen molar-refractivity contribution in [2.45, 2.75) is 20.8 Å². The molecule has 1 aromatic carbocycles. The van der Waals surface area contributed by atoms with Gasteiger partial charge in [0.25, 0.3) is 5.91 Å². The number of ether oxygens (including phenoxy) is 3. The minimum Gasteiger partial charge on any atom is -0.494 e. The van der Waals surface area contributed by atoms with Gasteiger partial charge in [-0.3, -0.25) is 9.48 Å². The van der Waals surface area contributed by atoms with E-state index in [2.05, 4.69) is 10.4 Å². The van der Waals surface area contributed by atoms with Crippen LogP contribution in [0.1, 0.15) is 18.3 Å². The number of rotatable bonds is 8. The maximum atomic E-state index is 11.9. The maximum absolute atomic E-state index is 11.9. The number of amides is 1. The first kappa shape index (κ1) is 19.3. The van der Waals surface area contributed by atoms with Crippen molar-refractivity contribution in [2.24, 2.45) is 7.05 Å². The molecule has 0 aliphatic carbocycles. The Morgan fingerprint density at radius 1 is 1.08 bits per heavy atom. The van der Waals surface area contributed by atoms with Crippen molar-refractivity contribution in [3.63, 3.8) is 0 Å². The molecule has 140 valence electrons. The van der Waals surface area contributed by atoms with Crippen LogP contribution in [0.25, 0.3) is 0 Å². The van der Waals surface area contributed by atoms with Crippen molar-refractivity contribution in [3.05, 3.63) is 35.7 Å². The molecular formula is C18H23N3O5. The molecule has 0 unspecified atom stereocenters. The number of esters is 1. The van der Waals surface area contributed by atoms with Gasteiger partial charge >= 0.3 is 5.97 Å². The number of aryl methyl sites for hydroxylation is 2. The van der Waals surface area contributed by atoms with Crippen LogP contribution in [-0.2, 0) is 21.4 Å². The minimum atomic E-state index is -0.631. The van der Waals surface area contributed by atoms with Gasteiger partial charge in [0, 0.05) is 7.05 Å². The molecule has 26 heavy (non-hydrogen) atoms. The van der Waals surface area contributed by atoms with Crippen LogP contribution >= 0.6 is 0 Å². The Morgan fingerprint density at radius 2 is 1.69 bits per heavy atom. The summed E-state index contributed by atoms with van der Waals surface area (Å²) in [6.07, 6.45) is 0. The molecule has 8 nitrogen and oxygen atoms in total. The summed E-state index contributed by atoms with van der Waals surface area (Å²) in [7, 11) is 1.79. The van der Waals surface area contributed by atoms with Crippen molar-refractivity contribution in [2.75, 3.05) is 25.1 Å². The Balaban J connectivity index is 1.75. The van der Waals surface area contributed by atoms with Crippen molar-refractivity contribution >= 4 is 17.6 Å². The quantitative estimate of drug-likeness (QED) is 0.723. The lowest BCUT2D eigenvalue weighted by Gasteiger charge is -2.09. The highest BCUT2D eigenvalue weighted by Crippen LogP contribution is 2.18. The van der Waals surface area contributed by atoms with Gasteiger partial charge in [-0.05, 0) is 45.0 Å². The smallest absolute Gasteiger partial charge is 0.344 e. The summed E-state index contributed by atoms with van der Waals surface area (Å²) in [5, 5.41) is 6.90. The summed E-state index contributed by atoms with van der Waals surface area (Å²) in [5.41, 5.74) is 2.14. The predicted molar refractivity (Wildman–Crippen MR) is 95.4 cm³/mol. The molecule has 0 bridgehead atoms. The Kier molecular flexibility index (Phi) is 6.60. The van der Waals surface area contributed by atoms with E-state index in [0.717, 1.165) is 11.4 Å². The number of carbonyl (C=O) groups excluding carboxylic acids is 2. The number of nitrogens with one attached hydrogen (secondary N) is 1. The molecule has 1 amide bonds. The number of nitrogens with zero attached hydrogens (tertiary/aromatic N) is 2. The van der Waals surface area contributed by atoms with Crippen LogP contribution in [0.3, 0.4) is 0 Å². The summed E-state index contributed by atoms with van der Waals surface area (Å²) in [4.78, 5) is 23.6. The number of anilines is 1. The fraction of sp³-hybridized carbons (Fsp3) is 0.389. The molecule has 0 radical (unpaired) electrons. The molecule has 0 fully saturated rings. The van der Waals surface area contributed by atoms with E-state index < -0.39 is 11.9 Å². The van der Waals surface area contributed by atoms with Gasteiger partial charge in [-0.25, -0.2) is 4.79 Å². The molecule has 8 heteroatoms. The Labute approximate surface area is 152 Å². The van der Waals surface area contributed by atoms with Crippen LogP contribution in [0.2, 0.25) is 0 Å². The zero-order valence-electron chi connectivity index (χ0n) is 15.4. The monoisotopic (exact) mass is 361 g/mol. The summed E-state index contributed by atoms with van der Waals surface area (Å²) in [5.74, 6) is 0.170. The second-order valence-corrected chi connectivity index (χ2v) is 5.57. The molecule has 0 atom stereocenters. The summed E-state index contributed by atoms with van der Waals surface area (Å²) < 4.78 is 17.2. The average Bonchev–Trinajstić information content (AvgIpc) is 2.86. The zero-order chi connectivity index (χ0) is 19.1. The SMILES string of the molecule is CCOc1ccc(OCC(=O)OCC(=O)Nc2c(C)nn(C)c2C)cc1. The van der Waals surface area contributed by atoms with Gasteiger partial charge in [0.1, 0.15) is 11.5 Å². The molecule has 0 aliphatic heterocycles. The first-order chi connectivity index (χ1) is 12.4. The Morgan fingerprint density at radius 3 is 2.23 bits per heavy atom. The molecule has 0 saturated heterocycles. The fourth-order valence-corrected chi connectivity index (χ4v) is 2.26. The lowest BCUT2D eigenvalue weighted by Crippen LogP contribution is -2.24. The van der Waals surface area contributed by atoms with Crippen LogP contribution in [0, 0.1) is 13.8 Å². The zero-order valence-corrected chi connectivity index (χ0v) is 15.4. The van der Waals surface area contributed by atoms with E-state index in [0.29, 0.717) is 23.7 Å². The fourth-order valence-electron chi connectivity index (χ4n) is 2.26. The van der Waals surface area contributed by atoms with Gasteiger partial charge in [0.05, 0.1) is 23.7 Å². The third-order valence-corrected chi connectivity index (χ3v) is 3.63. The first-order valence-electron chi connectivity index (χ1n) is 8.22. The van der Waals surface area contributed by atoms with Crippen LogP contribution in [0.15, 0.2) is 24.3 Å². The molecule has 2 rings (SSSR count). The van der Waals surface area contributed by atoms with E-state index >= 15 is 0 Å². The molecule has 1 heterocycles. The summed E-state index contributed by atoms with van der Waals surface area (Å²) in [6.45, 7) is 5.43. The lowest BCUT2D eigenvalue weighted by atomic mass is 10.3. The van der Waals surface area contributed by atoms with Gasteiger partial charge in [-0.2, -0.15) is 5.10 Å². The standard InChI is InChI=1S/C18H23N3O5/c1-5-24-14-6-8-15(9-7-14)25-11-17(23)26-10-16(22)19-18-12(2)20-21(4)13(18)3/h6-9H,5,10-11H2,1-4H3,(H,19,22). The van der Waals surface area contributed by atoms with E-state index in [9.17, 15) is 9.59 Å². The van der Waals surface area contributed by atoms with Gasteiger partial charge in [0.2, 0.25) is 0 Å². The van der Waals surface area contributed by atoms with Gasteiger partial charge in [-0.1, -0.05) is 0 Å². The Bertz CT molecular complexity index is 768.